The molecule has 0 saturated heterocycles. The quantitative estimate of drug-likeness (QED) is 0.367. The van der Waals surface area contributed by atoms with Gasteiger partial charge in [0.05, 0.1) is 13.7 Å². The van der Waals surface area contributed by atoms with E-state index in [9.17, 15) is 4.79 Å². The van der Waals surface area contributed by atoms with Crippen LogP contribution in [0.3, 0.4) is 0 Å². The molecule has 1 saturated carbocycles. The third-order valence-corrected chi connectivity index (χ3v) is 7.28. The van der Waals surface area contributed by atoms with Crippen LogP contribution in [0.2, 0.25) is 0 Å². The van der Waals surface area contributed by atoms with E-state index < -0.39 is 5.97 Å². The van der Waals surface area contributed by atoms with E-state index in [0.29, 0.717) is 18.4 Å². The van der Waals surface area contributed by atoms with Crippen molar-refractivity contribution < 1.29 is 19.4 Å². The molecule has 1 fully saturated rings. The van der Waals surface area contributed by atoms with Gasteiger partial charge in [-0.05, 0) is 61.5 Å². The molecule has 1 aliphatic rings. The number of rotatable bonds is 10. The molecule has 0 spiro atoms. The Hall–Kier alpha value is -2.77. The zero-order valence-corrected chi connectivity index (χ0v) is 20.6. The molecule has 0 unspecified atom stereocenters. The maximum Gasteiger partial charge on any atom is 0.329 e. The highest BCUT2D eigenvalue weighted by molar-refractivity contribution is 7.98. The number of carbonyl (C=O) groups is 1. The zero-order chi connectivity index (χ0) is 23.9. The summed E-state index contributed by atoms with van der Waals surface area (Å²) in [4.78, 5) is 10.7. The van der Waals surface area contributed by atoms with Crippen LogP contribution in [0.4, 0.5) is 0 Å². The van der Waals surface area contributed by atoms with Gasteiger partial charge in [-0.15, -0.1) is 11.8 Å². The summed E-state index contributed by atoms with van der Waals surface area (Å²) in [5.74, 6) is 0.918. The van der Waals surface area contributed by atoms with Crippen molar-refractivity contribution in [1.29, 1.82) is 0 Å². The highest BCUT2D eigenvalue weighted by Crippen LogP contribution is 2.41. The average molecular weight is 481 g/mol. The van der Waals surface area contributed by atoms with Gasteiger partial charge in [-0.3, -0.25) is 4.68 Å². The zero-order valence-electron chi connectivity index (χ0n) is 19.8. The van der Waals surface area contributed by atoms with Crippen molar-refractivity contribution in [2.45, 2.75) is 37.3 Å². The van der Waals surface area contributed by atoms with Crippen LogP contribution in [0.25, 0.3) is 22.4 Å². The summed E-state index contributed by atoms with van der Waals surface area (Å²) in [7, 11) is 1.69. The minimum atomic E-state index is -0.905. The Morgan fingerprint density at radius 3 is 2.44 bits per heavy atom. The van der Waals surface area contributed by atoms with Gasteiger partial charge in [0.15, 0.2) is 0 Å². The fourth-order valence-corrected chi connectivity index (χ4v) is 5.50. The molecule has 1 aromatic heterocycles. The van der Waals surface area contributed by atoms with E-state index in [-0.39, 0.29) is 6.61 Å². The lowest BCUT2D eigenvalue weighted by molar-refractivity contribution is -0.142. The van der Waals surface area contributed by atoms with Gasteiger partial charge in [0, 0.05) is 17.7 Å². The molecule has 1 N–H and O–H groups in total. The minimum absolute atomic E-state index is 0.209. The van der Waals surface area contributed by atoms with Crippen LogP contribution in [0.1, 0.15) is 25.7 Å². The van der Waals surface area contributed by atoms with Crippen LogP contribution < -0.4 is 4.74 Å². The van der Waals surface area contributed by atoms with E-state index in [1.807, 2.05) is 18.2 Å². The van der Waals surface area contributed by atoms with Crippen molar-refractivity contribution in [3.8, 4) is 28.1 Å². The van der Waals surface area contributed by atoms with Gasteiger partial charge in [0.25, 0.3) is 0 Å². The summed E-state index contributed by atoms with van der Waals surface area (Å²) >= 11 is 1.73. The molecule has 0 atom stereocenters. The van der Waals surface area contributed by atoms with Gasteiger partial charge in [0.2, 0.25) is 0 Å². The van der Waals surface area contributed by atoms with Gasteiger partial charge in [0.1, 0.15) is 23.1 Å². The number of aliphatic carboxylic acids is 1. The first-order chi connectivity index (χ1) is 16.6. The summed E-state index contributed by atoms with van der Waals surface area (Å²) in [6.07, 6.45) is 6.44. The lowest BCUT2D eigenvalue weighted by atomic mass is 9.82. The SMILES string of the molecule is COc1cccc(-c2c(-c3ccccc3)nn(C[C@H]3CC[C@H](COCC(=O)O)CC3)c2SC)c1. The summed E-state index contributed by atoms with van der Waals surface area (Å²) in [5, 5.41) is 15.1. The van der Waals surface area contributed by atoms with Gasteiger partial charge in [-0.2, -0.15) is 5.10 Å². The lowest BCUT2D eigenvalue weighted by Crippen LogP contribution is -2.23. The fraction of sp³-hybridized carbons (Fsp3) is 0.407. The molecular formula is C27H32N2O4S. The summed E-state index contributed by atoms with van der Waals surface area (Å²) in [6.45, 7) is 1.21. The van der Waals surface area contributed by atoms with E-state index in [2.05, 4.69) is 47.3 Å². The van der Waals surface area contributed by atoms with Gasteiger partial charge in [-0.1, -0.05) is 42.5 Å². The molecule has 0 bridgehead atoms. The van der Waals surface area contributed by atoms with Crippen LogP contribution >= 0.6 is 11.8 Å². The highest BCUT2D eigenvalue weighted by Gasteiger charge is 2.26. The topological polar surface area (TPSA) is 73.6 Å². The molecule has 0 amide bonds. The summed E-state index contributed by atoms with van der Waals surface area (Å²) in [6, 6.07) is 18.6. The third-order valence-electron chi connectivity index (χ3n) is 6.48. The van der Waals surface area contributed by atoms with Gasteiger partial charge in [-0.25, -0.2) is 4.79 Å². The van der Waals surface area contributed by atoms with Gasteiger partial charge >= 0.3 is 5.97 Å². The number of methoxy groups -OCH3 is 1. The Bertz CT molecular complexity index is 1090. The smallest absolute Gasteiger partial charge is 0.329 e. The summed E-state index contributed by atoms with van der Waals surface area (Å²) in [5.41, 5.74) is 4.35. The Morgan fingerprint density at radius 1 is 1.06 bits per heavy atom. The molecule has 2 aromatic carbocycles. The molecule has 7 heteroatoms. The minimum Gasteiger partial charge on any atom is -0.497 e. The van der Waals surface area contributed by atoms with Crippen molar-refractivity contribution in [1.82, 2.24) is 9.78 Å². The predicted octanol–water partition coefficient (Wildman–Crippen LogP) is 5.86. The number of carboxylic acids is 1. The number of hydrogen-bond donors (Lipinski definition) is 1. The molecule has 3 aromatic rings. The van der Waals surface area contributed by atoms with Crippen molar-refractivity contribution in [2.24, 2.45) is 11.8 Å². The lowest BCUT2D eigenvalue weighted by Gasteiger charge is -2.28. The van der Waals surface area contributed by atoms with Crippen molar-refractivity contribution in [3.05, 3.63) is 54.6 Å². The first kappa shape index (κ1) is 24.4. The van der Waals surface area contributed by atoms with E-state index in [1.165, 1.54) is 5.03 Å². The van der Waals surface area contributed by atoms with Crippen molar-refractivity contribution >= 4 is 17.7 Å². The van der Waals surface area contributed by atoms with Crippen LogP contribution in [0.15, 0.2) is 59.6 Å². The van der Waals surface area contributed by atoms with Crippen LogP contribution in [0.5, 0.6) is 5.75 Å². The highest BCUT2D eigenvalue weighted by atomic mass is 32.2. The molecular weight excluding hydrogens is 448 g/mol. The molecule has 4 rings (SSSR count). The van der Waals surface area contributed by atoms with E-state index in [1.54, 1.807) is 18.9 Å². The fourth-order valence-electron chi connectivity index (χ4n) is 4.75. The third kappa shape index (κ3) is 5.83. The first-order valence-corrected chi connectivity index (χ1v) is 13.0. The second-order valence-electron chi connectivity index (χ2n) is 8.81. The molecule has 180 valence electrons. The Kier molecular flexibility index (Phi) is 8.29. The number of nitrogens with zero attached hydrogens (tertiary/aromatic N) is 2. The predicted molar refractivity (Wildman–Crippen MR) is 135 cm³/mol. The number of ether oxygens (including phenoxy) is 2. The number of aromatic nitrogens is 2. The molecule has 1 heterocycles. The standard InChI is InChI=1S/C27H32N2O4S/c1-32-23-10-6-9-22(15-23)25-26(21-7-4-3-5-8-21)28-29(27(25)34-2)16-19-11-13-20(14-12-19)17-33-18-24(30)31/h3-10,15,19-20H,11-14,16-18H2,1-2H3,(H,30,31)/t19-,20-. The Morgan fingerprint density at radius 2 is 1.76 bits per heavy atom. The average Bonchev–Trinajstić information content (AvgIpc) is 3.23. The molecule has 6 nitrogen and oxygen atoms in total. The maximum atomic E-state index is 10.7. The van der Waals surface area contributed by atoms with Crippen LogP contribution in [0, 0.1) is 11.8 Å². The number of benzene rings is 2. The largest absolute Gasteiger partial charge is 0.497 e. The second-order valence-corrected chi connectivity index (χ2v) is 9.60. The molecule has 0 radical (unpaired) electrons. The molecule has 34 heavy (non-hydrogen) atoms. The maximum absolute atomic E-state index is 10.7. The Labute approximate surface area is 205 Å². The second kappa shape index (κ2) is 11.6. The van der Waals surface area contributed by atoms with Crippen molar-refractivity contribution in [3.63, 3.8) is 0 Å². The normalized spacial score (nSPS) is 18.1. The van der Waals surface area contributed by atoms with E-state index >= 15 is 0 Å². The number of carboxylic acid groups (broad SMARTS) is 1. The van der Waals surface area contributed by atoms with Crippen LogP contribution in [-0.4, -0.2) is 47.4 Å². The molecule has 1 aliphatic carbocycles. The van der Waals surface area contributed by atoms with E-state index in [0.717, 1.165) is 60.4 Å². The van der Waals surface area contributed by atoms with E-state index in [4.69, 9.17) is 19.7 Å². The Balaban J connectivity index is 1.58. The molecule has 0 aliphatic heterocycles. The summed E-state index contributed by atoms with van der Waals surface area (Å²) < 4.78 is 13.0. The monoisotopic (exact) mass is 480 g/mol. The van der Waals surface area contributed by atoms with Gasteiger partial charge < -0.3 is 14.6 Å². The number of hydrogen-bond acceptors (Lipinski definition) is 5. The van der Waals surface area contributed by atoms with Crippen LogP contribution in [-0.2, 0) is 16.1 Å². The van der Waals surface area contributed by atoms with Crippen molar-refractivity contribution in [2.75, 3.05) is 26.6 Å². The number of thioether (sulfide) groups is 1. The first-order valence-electron chi connectivity index (χ1n) is 11.7.